The van der Waals surface area contributed by atoms with Gasteiger partial charge in [0.15, 0.2) is 0 Å². The second kappa shape index (κ2) is 5.55. The van der Waals surface area contributed by atoms with E-state index in [4.69, 9.17) is 17.8 Å². The minimum absolute atomic E-state index is 0. The molecule has 11 heavy (non-hydrogen) atoms. The van der Waals surface area contributed by atoms with Crippen LogP contribution in [0.15, 0.2) is 0 Å². The van der Waals surface area contributed by atoms with E-state index in [1.165, 1.54) is 0 Å². The van der Waals surface area contributed by atoms with Crippen LogP contribution in [0.5, 0.6) is 0 Å². The highest BCUT2D eigenvalue weighted by atomic mass is 79.9. The predicted molar refractivity (Wildman–Crippen MR) is 39.5 cm³/mol. The molecule has 0 N–H and O–H groups in total. The van der Waals surface area contributed by atoms with Crippen LogP contribution in [0.25, 0.3) is 0 Å². The molecule has 0 heterocycles. The number of hydrogen-bond acceptors (Lipinski definition) is 2. The molecule has 0 aliphatic carbocycles. The second-order valence-electron chi connectivity index (χ2n) is 1.48. The lowest BCUT2D eigenvalue weighted by Gasteiger charge is -2.23. The van der Waals surface area contributed by atoms with Crippen molar-refractivity contribution >= 4 is 5.97 Å². The Labute approximate surface area is 97.0 Å². The summed E-state index contributed by atoms with van der Waals surface area (Å²) in [6.45, 7) is -19.5. The molecule has 0 aliphatic heterocycles. The average molecular weight is 239 g/mol. The molecule has 0 rings (SSSR count). The van der Waals surface area contributed by atoms with Gasteiger partial charge in [-0.3, -0.25) is 4.79 Å². The zero-order valence-electron chi connectivity index (χ0n) is 18.6. The van der Waals surface area contributed by atoms with E-state index < -0.39 is 44.4 Å². The van der Waals surface area contributed by atoms with Crippen LogP contribution in [0.3, 0.4) is 0 Å². The zero-order valence-corrected chi connectivity index (χ0v) is 7.23. The van der Waals surface area contributed by atoms with Crippen molar-refractivity contribution < 1.29 is 48.8 Å². The van der Waals surface area contributed by atoms with E-state index in [1.807, 2.05) is 0 Å². The van der Waals surface area contributed by atoms with Crippen LogP contribution in [0, 0.1) is 0 Å². The maximum Gasteiger partial charge on any atom is 0.302 e. The van der Waals surface area contributed by atoms with Gasteiger partial charge in [0.2, 0.25) is 0 Å². The van der Waals surface area contributed by atoms with Gasteiger partial charge in [0, 0.05) is 6.92 Å². The number of halogens is 1. The number of carbonyl (C=O) groups excluding carboxylic acids is 1. The fourth-order valence-electron chi connectivity index (χ4n) is 0.163. The number of ether oxygens (including phenoxy) is 1. The molecule has 0 amide bonds. The summed E-state index contributed by atoms with van der Waals surface area (Å²) in [5.41, 5.74) is 0. The Kier molecular flexibility index (Phi) is 1.13. The van der Waals surface area contributed by atoms with Gasteiger partial charge in [0.05, 0.1) is 38.7 Å². The molecule has 0 saturated carbocycles. The third-order valence-electron chi connectivity index (χ3n) is 0.408. The summed E-state index contributed by atoms with van der Waals surface area (Å²) >= 11 is 0. The van der Waals surface area contributed by atoms with E-state index in [0.717, 1.165) is 0 Å². The van der Waals surface area contributed by atoms with Crippen molar-refractivity contribution in [3.05, 3.63) is 0 Å². The normalized spacial score (nSPS) is 33.7. The molecule has 0 bridgehead atoms. The first-order valence-electron chi connectivity index (χ1n) is 8.76. The monoisotopic (exact) mass is 238 g/mol. The van der Waals surface area contributed by atoms with Crippen molar-refractivity contribution in [3.63, 3.8) is 0 Å². The Balaban J connectivity index is 0. The van der Waals surface area contributed by atoms with E-state index in [2.05, 4.69) is 4.74 Å². The molecule has 0 saturated heterocycles. The maximum atomic E-state index is 10.9. The third kappa shape index (κ3) is 13.0. The van der Waals surface area contributed by atoms with Crippen molar-refractivity contribution in [2.45, 2.75) is 6.92 Å². The van der Waals surface area contributed by atoms with Crippen molar-refractivity contribution in [2.24, 2.45) is 0 Å². The topological polar surface area (TPSA) is 26.3 Å². The minimum atomic E-state index is -4.17. The summed E-state index contributed by atoms with van der Waals surface area (Å²) in [5, 5.41) is 0. The Morgan fingerprint density at radius 1 is 1.64 bits per heavy atom. The Morgan fingerprint density at radius 2 is 2.18 bits per heavy atom. The van der Waals surface area contributed by atoms with Gasteiger partial charge < -0.3 is 26.2 Å². The number of quaternary nitrogens is 1. The van der Waals surface area contributed by atoms with Gasteiger partial charge in [-0.05, 0) is 0 Å². The summed E-state index contributed by atoms with van der Waals surface area (Å²) in [6.07, 6.45) is 0. The molecular weight excluding hydrogens is 210 g/mol. The number of esters is 1. The first kappa shape index (κ1) is 2.23. The first-order chi connectivity index (χ1) is 9.67. The lowest BCUT2D eigenvalue weighted by atomic mass is 10.5. The van der Waals surface area contributed by atoms with Gasteiger partial charge in [-0.25, -0.2) is 0 Å². The van der Waals surface area contributed by atoms with Crippen LogP contribution in [0.4, 0.5) is 0 Å². The van der Waals surface area contributed by atoms with Crippen molar-refractivity contribution in [3.8, 4) is 0 Å². The van der Waals surface area contributed by atoms with E-state index in [0.29, 0.717) is 6.92 Å². The SMILES string of the molecule is [2H]C([2H])(OC(C)=O)C([2H])([2H])[N+](C([2H])([2H])[2H])(C([2H])([2H])[2H])C([2H])([2H])[2H].[Br-]. The summed E-state index contributed by atoms with van der Waals surface area (Å²) in [6, 6.07) is 0. The second-order valence-corrected chi connectivity index (χ2v) is 1.48. The van der Waals surface area contributed by atoms with Crippen molar-refractivity contribution in [2.75, 3.05) is 34.0 Å². The van der Waals surface area contributed by atoms with Crippen LogP contribution >= 0.6 is 0 Å². The van der Waals surface area contributed by atoms with E-state index >= 15 is 0 Å². The molecule has 0 aromatic carbocycles. The van der Waals surface area contributed by atoms with E-state index in [-0.39, 0.29) is 17.0 Å². The van der Waals surface area contributed by atoms with Gasteiger partial charge in [-0.15, -0.1) is 0 Å². The molecule has 0 spiro atoms. The highest BCUT2D eigenvalue weighted by Crippen LogP contribution is 1.88. The van der Waals surface area contributed by atoms with Crippen LogP contribution < -0.4 is 17.0 Å². The number of likely N-dealkylation sites (N-methyl/N-ethyl adjacent to an activating group) is 1. The first-order valence-corrected chi connectivity index (χ1v) is 2.26. The summed E-state index contributed by atoms with van der Waals surface area (Å²) in [4.78, 5) is 10.9. The third-order valence-corrected chi connectivity index (χ3v) is 0.408. The average Bonchev–Trinajstić information content (AvgIpc) is 2.05. The van der Waals surface area contributed by atoms with Crippen LogP contribution in [0.1, 0.15) is 24.7 Å². The molecule has 0 radical (unpaired) electrons. The van der Waals surface area contributed by atoms with Crippen LogP contribution in [0.2, 0.25) is 0 Å². The largest absolute Gasteiger partial charge is 1.00 e. The highest BCUT2D eigenvalue weighted by Gasteiger charge is 2.06. The van der Waals surface area contributed by atoms with Crippen LogP contribution in [-0.4, -0.2) is 44.4 Å². The Morgan fingerprint density at radius 3 is 2.55 bits per heavy atom. The van der Waals surface area contributed by atoms with Gasteiger partial charge in [-0.2, -0.15) is 0 Å². The molecule has 0 aliphatic rings. The van der Waals surface area contributed by atoms with Crippen molar-refractivity contribution in [1.29, 1.82) is 0 Å². The molecule has 0 fully saturated rings. The fraction of sp³-hybridized carbons (Fsp3) is 0.857. The van der Waals surface area contributed by atoms with Gasteiger partial charge in [-0.1, -0.05) is 0 Å². The zero-order chi connectivity index (χ0) is 19.3. The van der Waals surface area contributed by atoms with Crippen LogP contribution in [-0.2, 0) is 9.53 Å². The summed E-state index contributed by atoms with van der Waals surface area (Å²) in [5.74, 6) is -1.39. The quantitative estimate of drug-likeness (QED) is 0.394. The number of nitrogens with zero attached hydrogens (tertiary/aromatic N) is 1. The fourth-order valence-corrected chi connectivity index (χ4v) is 0.163. The Bertz CT molecular complexity index is 428. The molecule has 68 valence electrons. The molecule has 0 aromatic heterocycles. The maximum absolute atomic E-state index is 10.9. The molecule has 0 atom stereocenters. The van der Waals surface area contributed by atoms with E-state index in [1.54, 1.807) is 0 Å². The van der Waals surface area contributed by atoms with Gasteiger partial charge in [0.25, 0.3) is 0 Å². The van der Waals surface area contributed by atoms with Gasteiger partial charge >= 0.3 is 5.97 Å². The molecule has 4 heteroatoms. The predicted octanol–water partition coefficient (Wildman–Crippen LogP) is -2.74. The lowest BCUT2D eigenvalue weighted by molar-refractivity contribution is -0.870. The summed E-state index contributed by atoms with van der Waals surface area (Å²) in [7, 11) is 0. The smallest absolute Gasteiger partial charge is 0.302 e. The molecule has 0 unspecified atom stereocenters. The lowest BCUT2D eigenvalue weighted by Crippen LogP contribution is -3.00. The number of hydrogen-bond donors (Lipinski definition) is 0. The standard InChI is InChI=1S/C7H16NO2.BrH/c1-7(9)10-6-5-8(2,3)4;/h5-6H2,1-4H3;1H/q+1;/p-1/i2D3,3D3,4D3,5D2,6D2;. The van der Waals surface area contributed by atoms with Crippen molar-refractivity contribution in [1.82, 2.24) is 0 Å². The molecule has 0 aromatic rings. The van der Waals surface area contributed by atoms with Gasteiger partial charge in [0.1, 0.15) is 13.1 Å². The number of carbonyl (C=O) groups is 1. The highest BCUT2D eigenvalue weighted by molar-refractivity contribution is 5.65. The Hall–Kier alpha value is -0.0900. The number of rotatable bonds is 3. The minimum Gasteiger partial charge on any atom is -1.00 e. The molecule has 3 nitrogen and oxygen atoms in total. The molecular formula is C7H16BrNO2. The summed E-state index contributed by atoms with van der Waals surface area (Å²) < 4.78 is 96.8. The van der Waals surface area contributed by atoms with E-state index in [9.17, 15) is 4.79 Å².